The minimum absolute atomic E-state index is 0.0756. The van der Waals surface area contributed by atoms with Crippen LogP contribution in [0, 0.1) is 0 Å². The van der Waals surface area contributed by atoms with E-state index in [0.29, 0.717) is 17.5 Å². The molecule has 0 bridgehead atoms. The summed E-state index contributed by atoms with van der Waals surface area (Å²) < 4.78 is 0. The van der Waals surface area contributed by atoms with Crippen LogP contribution >= 0.6 is 11.3 Å². The van der Waals surface area contributed by atoms with E-state index in [1.807, 2.05) is 0 Å². The number of carbonyl (C=O) groups excluding carboxylic acids is 3. The fourth-order valence-electron chi connectivity index (χ4n) is 2.96. The molecule has 0 radical (unpaired) electrons. The van der Waals surface area contributed by atoms with Gasteiger partial charge in [-0.1, -0.05) is 12.5 Å². The van der Waals surface area contributed by atoms with Crippen molar-refractivity contribution in [1.29, 1.82) is 0 Å². The van der Waals surface area contributed by atoms with E-state index in [1.54, 1.807) is 17.5 Å². The van der Waals surface area contributed by atoms with Crippen molar-refractivity contribution in [3.63, 3.8) is 0 Å². The lowest BCUT2D eigenvalue weighted by molar-refractivity contribution is -0.125. The van der Waals surface area contributed by atoms with E-state index in [2.05, 4.69) is 27.8 Å². The number of rotatable bonds is 9. The zero-order valence-electron chi connectivity index (χ0n) is 15.3. The highest BCUT2D eigenvalue weighted by atomic mass is 32.1. The Labute approximate surface area is 158 Å². The summed E-state index contributed by atoms with van der Waals surface area (Å²) in [4.78, 5) is 38.2. The molecule has 1 aliphatic rings. The highest BCUT2D eigenvalue weighted by Crippen LogP contribution is 2.15. The summed E-state index contributed by atoms with van der Waals surface area (Å²) in [6.45, 7) is 4.77. The number of nitrogens with zero attached hydrogens (tertiary/aromatic N) is 1. The SMILES string of the molecule is C[C@@H]1CCCCN1CCCNC(=O)CNC(=O)CNC(=O)c1cccs1. The molecule has 2 heterocycles. The summed E-state index contributed by atoms with van der Waals surface area (Å²) in [5.74, 6) is -0.881. The van der Waals surface area contributed by atoms with Crippen molar-refractivity contribution in [2.24, 2.45) is 0 Å². The Morgan fingerprint density at radius 1 is 1.15 bits per heavy atom. The van der Waals surface area contributed by atoms with Crippen molar-refractivity contribution in [3.05, 3.63) is 22.4 Å². The largest absolute Gasteiger partial charge is 0.355 e. The molecule has 3 N–H and O–H groups in total. The smallest absolute Gasteiger partial charge is 0.261 e. The van der Waals surface area contributed by atoms with E-state index in [9.17, 15) is 14.4 Å². The predicted octanol–water partition coefficient (Wildman–Crippen LogP) is 0.975. The van der Waals surface area contributed by atoms with Gasteiger partial charge in [0.1, 0.15) is 0 Å². The van der Waals surface area contributed by atoms with Crippen molar-refractivity contribution in [3.8, 4) is 0 Å². The second kappa shape index (κ2) is 10.9. The third-order valence-corrected chi connectivity index (χ3v) is 5.35. The number of piperidine rings is 1. The van der Waals surface area contributed by atoms with Crippen molar-refractivity contribution in [1.82, 2.24) is 20.9 Å². The maximum absolute atomic E-state index is 11.8. The number of nitrogens with one attached hydrogen (secondary N) is 3. The summed E-state index contributed by atoms with van der Waals surface area (Å²) in [5.41, 5.74) is 0. The summed E-state index contributed by atoms with van der Waals surface area (Å²) in [5, 5.41) is 9.64. The van der Waals surface area contributed by atoms with Gasteiger partial charge >= 0.3 is 0 Å². The summed E-state index contributed by atoms with van der Waals surface area (Å²) in [6.07, 6.45) is 4.72. The average Bonchev–Trinajstić information content (AvgIpc) is 3.17. The van der Waals surface area contributed by atoms with E-state index < -0.39 is 0 Å². The fourth-order valence-corrected chi connectivity index (χ4v) is 3.60. The molecule has 1 fully saturated rings. The number of amides is 3. The van der Waals surface area contributed by atoms with Gasteiger partial charge in [-0.05, 0) is 44.2 Å². The molecule has 0 aromatic carbocycles. The lowest BCUT2D eigenvalue weighted by Gasteiger charge is -2.33. The number of likely N-dealkylation sites (tertiary alicyclic amines) is 1. The van der Waals surface area contributed by atoms with Crippen LogP contribution in [0.1, 0.15) is 42.3 Å². The lowest BCUT2D eigenvalue weighted by Crippen LogP contribution is -2.43. The summed E-state index contributed by atoms with van der Waals surface area (Å²) in [7, 11) is 0. The van der Waals surface area contributed by atoms with E-state index in [-0.39, 0.29) is 30.8 Å². The fraction of sp³-hybridized carbons (Fsp3) is 0.611. The second-order valence-electron chi connectivity index (χ2n) is 6.52. The van der Waals surface area contributed by atoms with Gasteiger partial charge in [0.05, 0.1) is 18.0 Å². The van der Waals surface area contributed by atoms with Crippen molar-refractivity contribution < 1.29 is 14.4 Å². The molecule has 1 saturated heterocycles. The van der Waals surface area contributed by atoms with Crippen LogP contribution in [0.25, 0.3) is 0 Å². The van der Waals surface area contributed by atoms with Gasteiger partial charge in [-0.15, -0.1) is 11.3 Å². The van der Waals surface area contributed by atoms with Crippen LogP contribution in [0.3, 0.4) is 0 Å². The van der Waals surface area contributed by atoms with Crippen molar-refractivity contribution in [2.75, 3.05) is 32.7 Å². The first kappa shape index (κ1) is 20.4. The molecule has 0 unspecified atom stereocenters. The number of hydrogen-bond acceptors (Lipinski definition) is 5. The van der Waals surface area contributed by atoms with Crippen molar-refractivity contribution >= 4 is 29.1 Å². The average molecular weight is 381 g/mol. The van der Waals surface area contributed by atoms with Crippen LogP contribution in [0.2, 0.25) is 0 Å². The molecule has 0 aliphatic carbocycles. The van der Waals surface area contributed by atoms with Gasteiger partial charge in [-0.25, -0.2) is 0 Å². The van der Waals surface area contributed by atoms with Gasteiger partial charge in [0.25, 0.3) is 5.91 Å². The van der Waals surface area contributed by atoms with E-state index in [4.69, 9.17) is 0 Å². The quantitative estimate of drug-likeness (QED) is 0.557. The molecule has 8 heteroatoms. The van der Waals surface area contributed by atoms with Crippen LogP contribution in [0.5, 0.6) is 0 Å². The molecule has 3 amide bonds. The van der Waals surface area contributed by atoms with E-state index >= 15 is 0 Å². The second-order valence-corrected chi connectivity index (χ2v) is 7.47. The zero-order chi connectivity index (χ0) is 18.8. The molecule has 0 saturated carbocycles. The van der Waals surface area contributed by atoms with Crippen LogP contribution in [-0.2, 0) is 9.59 Å². The first-order valence-electron chi connectivity index (χ1n) is 9.15. The Morgan fingerprint density at radius 3 is 2.65 bits per heavy atom. The van der Waals surface area contributed by atoms with E-state index in [1.165, 1.54) is 30.6 Å². The van der Waals surface area contributed by atoms with Gasteiger partial charge in [-0.3, -0.25) is 14.4 Å². The van der Waals surface area contributed by atoms with Crippen LogP contribution in [-0.4, -0.2) is 61.4 Å². The molecule has 7 nitrogen and oxygen atoms in total. The van der Waals surface area contributed by atoms with Gasteiger partial charge in [0.15, 0.2) is 0 Å². The topological polar surface area (TPSA) is 90.5 Å². The normalized spacial score (nSPS) is 17.5. The van der Waals surface area contributed by atoms with Crippen LogP contribution in [0.4, 0.5) is 0 Å². The maximum Gasteiger partial charge on any atom is 0.261 e. The van der Waals surface area contributed by atoms with Gasteiger partial charge < -0.3 is 20.9 Å². The Balaban J connectivity index is 1.51. The standard InChI is InChI=1S/C18H28N4O3S/c1-14-6-2-3-9-22(14)10-5-8-19-16(23)12-20-17(24)13-21-18(25)15-7-4-11-26-15/h4,7,11,14H,2-3,5-6,8-10,12-13H2,1H3,(H,19,23)(H,20,24)(H,21,25)/t14-/m1/s1. The monoisotopic (exact) mass is 380 g/mol. The third-order valence-electron chi connectivity index (χ3n) is 4.49. The molecular weight excluding hydrogens is 352 g/mol. The first-order chi connectivity index (χ1) is 12.6. The molecule has 0 spiro atoms. The number of hydrogen-bond donors (Lipinski definition) is 3. The maximum atomic E-state index is 11.8. The number of thiophene rings is 1. The first-order valence-corrected chi connectivity index (χ1v) is 10.0. The molecule has 1 aromatic heterocycles. The highest BCUT2D eigenvalue weighted by molar-refractivity contribution is 7.12. The Kier molecular flexibility index (Phi) is 8.57. The van der Waals surface area contributed by atoms with Crippen LogP contribution < -0.4 is 16.0 Å². The summed E-state index contributed by atoms with van der Waals surface area (Å²) in [6, 6.07) is 4.09. The Hall–Kier alpha value is -1.93. The molecule has 1 aliphatic heterocycles. The highest BCUT2D eigenvalue weighted by Gasteiger charge is 2.17. The molecule has 144 valence electrons. The summed E-state index contributed by atoms with van der Waals surface area (Å²) >= 11 is 1.31. The van der Waals surface area contributed by atoms with E-state index in [0.717, 1.165) is 19.5 Å². The lowest BCUT2D eigenvalue weighted by atomic mass is 10.0. The molecular formula is C18H28N4O3S. The zero-order valence-corrected chi connectivity index (χ0v) is 16.1. The predicted molar refractivity (Wildman–Crippen MR) is 102 cm³/mol. The molecule has 26 heavy (non-hydrogen) atoms. The Morgan fingerprint density at radius 2 is 1.92 bits per heavy atom. The van der Waals surface area contributed by atoms with Gasteiger partial charge in [-0.2, -0.15) is 0 Å². The minimum Gasteiger partial charge on any atom is -0.355 e. The third kappa shape index (κ3) is 7.13. The van der Waals surface area contributed by atoms with Crippen molar-refractivity contribution in [2.45, 2.75) is 38.6 Å². The molecule has 1 aromatic rings. The Bertz CT molecular complexity index is 591. The number of carbonyl (C=O) groups is 3. The minimum atomic E-state index is -0.382. The molecule has 1 atom stereocenters. The van der Waals surface area contributed by atoms with Crippen LogP contribution in [0.15, 0.2) is 17.5 Å². The van der Waals surface area contributed by atoms with Gasteiger partial charge in [0, 0.05) is 19.1 Å². The molecule has 2 rings (SSSR count). The van der Waals surface area contributed by atoms with Gasteiger partial charge in [0.2, 0.25) is 11.8 Å².